The van der Waals surface area contributed by atoms with Crippen LogP contribution in [0.3, 0.4) is 0 Å². The van der Waals surface area contributed by atoms with Crippen molar-refractivity contribution in [3.05, 3.63) is 72.1 Å². The van der Waals surface area contributed by atoms with Crippen LogP contribution in [-0.2, 0) is 0 Å². The quantitative estimate of drug-likeness (QED) is 0.439. The summed E-state index contributed by atoms with van der Waals surface area (Å²) >= 11 is 6.43. The third-order valence-corrected chi connectivity index (χ3v) is 4.61. The van der Waals surface area contributed by atoms with Crippen molar-refractivity contribution in [2.75, 3.05) is 14.2 Å². The zero-order valence-electron chi connectivity index (χ0n) is 15.3. The number of halogens is 1. The number of benzene rings is 3. The number of ether oxygens (including phenoxy) is 2. The predicted octanol–water partition coefficient (Wildman–Crippen LogP) is 5.64. The lowest BCUT2D eigenvalue weighted by Crippen LogP contribution is -1.88. The zero-order valence-corrected chi connectivity index (χ0v) is 16.1. The molecule has 6 heteroatoms. The van der Waals surface area contributed by atoms with Crippen LogP contribution in [0.15, 0.2) is 65.2 Å². The van der Waals surface area contributed by atoms with Gasteiger partial charge in [-0.1, -0.05) is 47.1 Å². The van der Waals surface area contributed by atoms with E-state index in [1.54, 1.807) is 20.3 Å². The third kappa shape index (κ3) is 3.57. The number of hydrogen-bond donors (Lipinski definition) is 0. The van der Waals surface area contributed by atoms with Crippen LogP contribution < -0.4 is 9.47 Å². The van der Waals surface area contributed by atoms with Crippen LogP contribution in [0.1, 0.15) is 11.5 Å². The molecule has 4 rings (SSSR count). The molecule has 0 N–H and O–H groups in total. The van der Waals surface area contributed by atoms with Crippen LogP contribution >= 0.6 is 11.6 Å². The van der Waals surface area contributed by atoms with E-state index >= 15 is 0 Å². The Hall–Kier alpha value is -3.31. The molecule has 5 nitrogen and oxygen atoms in total. The molecule has 0 amide bonds. The molecule has 3 aromatic carbocycles. The van der Waals surface area contributed by atoms with Crippen LogP contribution in [0.25, 0.3) is 33.3 Å². The van der Waals surface area contributed by atoms with Crippen molar-refractivity contribution in [2.24, 2.45) is 0 Å². The first-order chi connectivity index (χ1) is 13.7. The summed E-state index contributed by atoms with van der Waals surface area (Å²) < 4.78 is 15.9. The molecular weight excluding hydrogens is 376 g/mol. The monoisotopic (exact) mass is 392 g/mol. The van der Waals surface area contributed by atoms with E-state index in [0.29, 0.717) is 16.6 Å². The van der Waals surface area contributed by atoms with Gasteiger partial charge in [-0.15, -0.1) is 0 Å². The minimum atomic E-state index is 0.248. The Kier molecular flexibility index (Phi) is 5.00. The fourth-order valence-corrected chi connectivity index (χ4v) is 3.13. The lowest BCUT2D eigenvalue weighted by Gasteiger charge is -2.04. The van der Waals surface area contributed by atoms with E-state index in [-0.39, 0.29) is 5.89 Å². The van der Waals surface area contributed by atoms with Gasteiger partial charge in [0.15, 0.2) is 0 Å². The van der Waals surface area contributed by atoms with E-state index in [9.17, 15) is 0 Å². The van der Waals surface area contributed by atoms with Crippen LogP contribution in [0.2, 0.25) is 0 Å². The number of para-hydroxylation sites is 1. The first-order valence-corrected chi connectivity index (χ1v) is 8.98. The molecule has 0 radical (unpaired) electrons. The van der Waals surface area contributed by atoms with Crippen molar-refractivity contribution in [3.8, 4) is 22.9 Å². The fourth-order valence-electron chi connectivity index (χ4n) is 2.93. The average Bonchev–Trinajstić information content (AvgIpc) is 3.23. The third-order valence-electron chi connectivity index (χ3n) is 4.34. The Morgan fingerprint density at radius 3 is 2.57 bits per heavy atom. The SMILES string of the molecule is COc1ccc2cc(/C=C(\Cl)c3nc(-c4ccccc4OC)no3)ccc2c1. The Labute approximate surface area is 167 Å². The van der Waals surface area contributed by atoms with Gasteiger partial charge in [-0.3, -0.25) is 0 Å². The Morgan fingerprint density at radius 2 is 1.75 bits per heavy atom. The summed E-state index contributed by atoms with van der Waals surface area (Å²) in [6, 6.07) is 19.4. The van der Waals surface area contributed by atoms with Crippen molar-refractivity contribution in [3.63, 3.8) is 0 Å². The molecule has 0 unspecified atom stereocenters. The molecule has 0 bridgehead atoms. The highest BCUT2D eigenvalue weighted by Crippen LogP contribution is 2.30. The summed E-state index contributed by atoms with van der Waals surface area (Å²) in [6.45, 7) is 0. The first kappa shape index (κ1) is 18.1. The lowest BCUT2D eigenvalue weighted by molar-refractivity contribution is 0.406. The summed E-state index contributed by atoms with van der Waals surface area (Å²) in [4.78, 5) is 4.40. The smallest absolute Gasteiger partial charge is 0.269 e. The molecule has 0 aliphatic rings. The summed E-state index contributed by atoms with van der Waals surface area (Å²) in [7, 11) is 3.25. The van der Waals surface area contributed by atoms with Crippen LogP contribution in [0.4, 0.5) is 0 Å². The predicted molar refractivity (Wildman–Crippen MR) is 111 cm³/mol. The summed E-state index contributed by atoms with van der Waals surface area (Å²) in [5.74, 6) is 2.16. The van der Waals surface area contributed by atoms with Crippen molar-refractivity contribution in [2.45, 2.75) is 0 Å². The number of aromatic nitrogens is 2. The normalized spacial score (nSPS) is 11.6. The highest BCUT2D eigenvalue weighted by atomic mass is 35.5. The van der Waals surface area contributed by atoms with Gasteiger partial charge in [0.2, 0.25) is 5.82 Å². The second-order valence-corrected chi connectivity index (χ2v) is 6.50. The van der Waals surface area contributed by atoms with Gasteiger partial charge in [-0.2, -0.15) is 4.98 Å². The summed E-state index contributed by atoms with van der Waals surface area (Å²) in [5, 5.41) is 6.55. The average molecular weight is 393 g/mol. The van der Waals surface area contributed by atoms with Crippen LogP contribution in [-0.4, -0.2) is 24.4 Å². The number of rotatable bonds is 5. The van der Waals surface area contributed by atoms with Crippen LogP contribution in [0, 0.1) is 0 Å². The second-order valence-electron chi connectivity index (χ2n) is 6.09. The van der Waals surface area contributed by atoms with E-state index in [4.69, 9.17) is 25.6 Å². The molecule has 1 heterocycles. The van der Waals surface area contributed by atoms with Gasteiger partial charge >= 0.3 is 0 Å². The fraction of sp³-hybridized carbons (Fsp3) is 0.0909. The van der Waals surface area contributed by atoms with Gasteiger partial charge in [-0.25, -0.2) is 0 Å². The van der Waals surface area contributed by atoms with E-state index in [2.05, 4.69) is 10.1 Å². The number of methoxy groups -OCH3 is 2. The summed E-state index contributed by atoms with van der Waals surface area (Å²) in [5.41, 5.74) is 1.67. The van der Waals surface area contributed by atoms with Gasteiger partial charge in [0.25, 0.3) is 5.89 Å². The molecule has 0 aliphatic heterocycles. The molecule has 28 heavy (non-hydrogen) atoms. The summed E-state index contributed by atoms with van der Waals surface area (Å²) in [6.07, 6.45) is 1.80. The molecule has 0 saturated carbocycles. The highest BCUT2D eigenvalue weighted by molar-refractivity contribution is 6.50. The Balaban J connectivity index is 1.64. The van der Waals surface area contributed by atoms with Gasteiger partial charge in [0, 0.05) is 0 Å². The second kappa shape index (κ2) is 7.74. The Morgan fingerprint density at radius 1 is 0.964 bits per heavy atom. The molecule has 0 spiro atoms. The van der Waals surface area contributed by atoms with Crippen molar-refractivity contribution in [1.29, 1.82) is 0 Å². The zero-order chi connectivity index (χ0) is 19.5. The maximum Gasteiger partial charge on any atom is 0.269 e. The molecular formula is C22H17ClN2O3. The molecule has 4 aromatic rings. The van der Waals surface area contributed by atoms with E-state index in [1.165, 1.54) is 0 Å². The number of nitrogens with zero attached hydrogens (tertiary/aromatic N) is 2. The minimum Gasteiger partial charge on any atom is -0.497 e. The van der Waals surface area contributed by atoms with Crippen molar-refractivity contribution >= 4 is 33.5 Å². The van der Waals surface area contributed by atoms with Gasteiger partial charge in [0.1, 0.15) is 16.5 Å². The van der Waals surface area contributed by atoms with E-state index in [0.717, 1.165) is 27.6 Å². The topological polar surface area (TPSA) is 57.4 Å². The molecule has 0 saturated heterocycles. The van der Waals surface area contributed by atoms with E-state index in [1.807, 2.05) is 60.7 Å². The van der Waals surface area contributed by atoms with Crippen molar-refractivity contribution in [1.82, 2.24) is 10.1 Å². The molecule has 0 fully saturated rings. The number of fused-ring (bicyclic) bond motifs is 1. The minimum absolute atomic E-state index is 0.248. The molecule has 1 aromatic heterocycles. The first-order valence-electron chi connectivity index (χ1n) is 8.60. The molecule has 0 atom stereocenters. The highest BCUT2D eigenvalue weighted by Gasteiger charge is 2.14. The van der Waals surface area contributed by atoms with Gasteiger partial charge < -0.3 is 14.0 Å². The van der Waals surface area contributed by atoms with Gasteiger partial charge in [-0.05, 0) is 52.7 Å². The molecule has 0 aliphatic carbocycles. The van der Waals surface area contributed by atoms with E-state index < -0.39 is 0 Å². The Bertz CT molecular complexity index is 1170. The lowest BCUT2D eigenvalue weighted by atomic mass is 10.1. The van der Waals surface area contributed by atoms with Crippen LogP contribution in [0.5, 0.6) is 11.5 Å². The maximum absolute atomic E-state index is 6.43. The number of hydrogen-bond acceptors (Lipinski definition) is 5. The maximum atomic E-state index is 6.43. The standard InChI is InChI=1S/C22H17ClN2O3/c1-26-17-10-9-15-11-14(7-8-16(15)13-17)12-19(23)22-24-21(25-28-22)18-5-3-4-6-20(18)27-2/h3-13H,1-2H3/b19-12-. The largest absolute Gasteiger partial charge is 0.497 e. The molecule has 140 valence electrons. The van der Waals surface area contributed by atoms with Gasteiger partial charge in [0.05, 0.1) is 19.8 Å². The van der Waals surface area contributed by atoms with Crippen molar-refractivity contribution < 1.29 is 14.0 Å².